The Morgan fingerprint density at radius 2 is 1.54 bits per heavy atom. The minimum absolute atomic E-state index is 0.0281. The van der Waals surface area contributed by atoms with Crippen molar-refractivity contribution in [1.29, 1.82) is 0 Å². The van der Waals surface area contributed by atoms with Crippen LogP contribution in [0, 0.1) is 13.8 Å². The smallest absolute Gasteiger partial charge is 0.338 e. The highest BCUT2D eigenvalue weighted by atomic mass is 32.1. The maximum Gasteiger partial charge on any atom is 0.338 e. The number of carbonyl (C=O) groups excluding carboxylic acids is 3. The maximum absolute atomic E-state index is 12.4. The summed E-state index contributed by atoms with van der Waals surface area (Å²) in [5.41, 5.74) is 1.07. The molecule has 0 bridgehead atoms. The van der Waals surface area contributed by atoms with Gasteiger partial charge in [0, 0.05) is 15.4 Å². The lowest BCUT2D eigenvalue weighted by Crippen LogP contribution is -2.15. The van der Waals surface area contributed by atoms with Crippen molar-refractivity contribution >= 4 is 34.9 Å². The van der Waals surface area contributed by atoms with Crippen molar-refractivity contribution in [3.8, 4) is 0 Å². The highest BCUT2D eigenvalue weighted by molar-refractivity contribution is 7.12. The minimum Gasteiger partial charge on any atom is -0.465 e. The molecular formula is C17H17NO5S. The number of rotatable bonds is 4. The predicted molar refractivity (Wildman–Crippen MR) is 90.9 cm³/mol. The zero-order chi connectivity index (χ0) is 17.9. The third kappa shape index (κ3) is 3.62. The number of benzene rings is 1. The molecule has 1 heterocycles. The molecule has 0 saturated heterocycles. The van der Waals surface area contributed by atoms with Crippen molar-refractivity contribution in [1.82, 2.24) is 0 Å². The van der Waals surface area contributed by atoms with Gasteiger partial charge in [0.05, 0.1) is 30.9 Å². The fourth-order valence-electron chi connectivity index (χ4n) is 2.24. The zero-order valence-corrected chi connectivity index (χ0v) is 14.6. The molecule has 1 N–H and O–H groups in total. The molecule has 0 spiro atoms. The van der Waals surface area contributed by atoms with Gasteiger partial charge in [-0.05, 0) is 38.1 Å². The van der Waals surface area contributed by atoms with Gasteiger partial charge in [0.1, 0.15) is 0 Å². The number of thiophene rings is 1. The van der Waals surface area contributed by atoms with Crippen LogP contribution in [0.4, 0.5) is 5.69 Å². The number of ether oxygens (including phenoxy) is 2. The van der Waals surface area contributed by atoms with E-state index in [0.717, 1.165) is 9.75 Å². The molecule has 0 atom stereocenters. The summed E-state index contributed by atoms with van der Waals surface area (Å²) in [6, 6.07) is 6.15. The molecule has 2 rings (SSSR count). The lowest BCUT2D eigenvalue weighted by molar-refractivity contribution is 0.0555. The Hall–Kier alpha value is -2.67. The fraction of sp³-hybridized carbons (Fsp3) is 0.235. The predicted octanol–water partition coefficient (Wildman–Crippen LogP) is 3.19. The molecular weight excluding hydrogens is 330 g/mol. The van der Waals surface area contributed by atoms with Crippen molar-refractivity contribution in [2.75, 3.05) is 19.5 Å². The Bertz CT molecular complexity index is 809. The molecule has 0 saturated carbocycles. The van der Waals surface area contributed by atoms with Gasteiger partial charge < -0.3 is 14.8 Å². The van der Waals surface area contributed by atoms with Crippen LogP contribution in [-0.4, -0.2) is 32.1 Å². The number of methoxy groups -OCH3 is 2. The number of aryl methyl sites for hydroxylation is 2. The second kappa shape index (κ2) is 7.27. The molecule has 0 fully saturated rings. The Labute approximate surface area is 143 Å². The first-order valence-corrected chi connectivity index (χ1v) is 7.88. The molecule has 7 heteroatoms. The highest BCUT2D eigenvalue weighted by Crippen LogP contribution is 2.23. The molecule has 24 heavy (non-hydrogen) atoms. The van der Waals surface area contributed by atoms with Crippen LogP contribution in [0.3, 0.4) is 0 Å². The van der Waals surface area contributed by atoms with Gasteiger partial charge in [-0.1, -0.05) is 0 Å². The molecule has 6 nitrogen and oxygen atoms in total. The second-order valence-electron chi connectivity index (χ2n) is 5.02. The summed E-state index contributed by atoms with van der Waals surface area (Å²) >= 11 is 1.53. The van der Waals surface area contributed by atoms with E-state index in [1.165, 1.54) is 43.8 Å². The van der Waals surface area contributed by atoms with E-state index >= 15 is 0 Å². The van der Waals surface area contributed by atoms with Gasteiger partial charge in [-0.2, -0.15) is 0 Å². The van der Waals surface area contributed by atoms with E-state index < -0.39 is 11.9 Å². The molecule has 0 aliphatic rings. The normalized spacial score (nSPS) is 10.2. The molecule has 1 aromatic heterocycles. The molecule has 1 amide bonds. The van der Waals surface area contributed by atoms with Gasteiger partial charge >= 0.3 is 11.9 Å². The highest BCUT2D eigenvalue weighted by Gasteiger charge is 2.20. The van der Waals surface area contributed by atoms with E-state index in [-0.39, 0.29) is 17.0 Å². The van der Waals surface area contributed by atoms with Crippen molar-refractivity contribution < 1.29 is 23.9 Å². The van der Waals surface area contributed by atoms with E-state index in [4.69, 9.17) is 0 Å². The third-order valence-electron chi connectivity index (χ3n) is 3.37. The lowest BCUT2D eigenvalue weighted by atomic mass is 10.1. The van der Waals surface area contributed by atoms with Crippen LogP contribution in [-0.2, 0) is 9.47 Å². The molecule has 0 radical (unpaired) electrons. The van der Waals surface area contributed by atoms with E-state index in [1.54, 1.807) is 6.07 Å². The van der Waals surface area contributed by atoms with Crippen molar-refractivity contribution in [3.05, 3.63) is 50.7 Å². The molecule has 1 aromatic carbocycles. The number of hydrogen-bond donors (Lipinski definition) is 1. The first kappa shape index (κ1) is 17.7. The first-order valence-electron chi connectivity index (χ1n) is 7.06. The topological polar surface area (TPSA) is 81.7 Å². The van der Waals surface area contributed by atoms with Gasteiger partial charge in [-0.25, -0.2) is 9.59 Å². The number of amides is 1. The van der Waals surface area contributed by atoms with E-state index in [0.29, 0.717) is 11.3 Å². The Balaban J connectivity index is 2.34. The number of hydrogen-bond acceptors (Lipinski definition) is 6. The van der Waals surface area contributed by atoms with Crippen LogP contribution in [0.25, 0.3) is 0 Å². The summed E-state index contributed by atoms with van der Waals surface area (Å²) in [6.45, 7) is 3.79. The maximum atomic E-state index is 12.4. The zero-order valence-electron chi connectivity index (χ0n) is 13.8. The third-order valence-corrected chi connectivity index (χ3v) is 4.34. The molecule has 0 aliphatic heterocycles. The van der Waals surface area contributed by atoms with Crippen molar-refractivity contribution in [2.24, 2.45) is 0 Å². The molecule has 0 aliphatic carbocycles. The number of nitrogens with one attached hydrogen (secondary N) is 1. The van der Waals surface area contributed by atoms with Gasteiger partial charge in [-0.15, -0.1) is 11.3 Å². The summed E-state index contributed by atoms with van der Waals surface area (Å²) in [7, 11) is 2.44. The molecule has 2 aromatic rings. The molecule has 0 unspecified atom stereocenters. The SMILES string of the molecule is COC(=O)c1ccc(NC(=O)c2cc(C)sc2C)cc1C(=O)OC. The lowest BCUT2D eigenvalue weighted by Gasteiger charge is -2.10. The van der Waals surface area contributed by atoms with Gasteiger partial charge in [0.15, 0.2) is 0 Å². The average molecular weight is 347 g/mol. The average Bonchev–Trinajstić information content (AvgIpc) is 2.91. The summed E-state index contributed by atoms with van der Waals surface area (Å²) in [5, 5.41) is 2.72. The summed E-state index contributed by atoms with van der Waals surface area (Å²) in [6.07, 6.45) is 0. The Morgan fingerprint density at radius 1 is 0.917 bits per heavy atom. The molecule has 126 valence electrons. The van der Waals surface area contributed by atoms with Crippen LogP contribution >= 0.6 is 11.3 Å². The van der Waals surface area contributed by atoms with Crippen molar-refractivity contribution in [2.45, 2.75) is 13.8 Å². The number of carbonyl (C=O) groups is 3. The first-order chi connectivity index (χ1) is 11.4. The standard InChI is InChI=1S/C17H17NO5S/c1-9-7-13(10(2)24-9)15(19)18-11-5-6-12(16(20)22-3)14(8-11)17(21)23-4/h5-8H,1-4H3,(H,18,19). The van der Waals surface area contributed by atoms with Gasteiger partial charge in [0.25, 0.3) is 5.91 Å². The summed E-state index contributed by atoms with van der Waals surface area (Å²) in [5.74, 6) is -1.62. The largest absolute Gasteiger partial charge is 0.465 e. The van der Waals surface area contributed by atoms with Crippen LogP contribution in [0.15, 0.2) is 24.3 Å². The van der Waals surface area contributed by atoms with Crippen LogP contribution in [0.5, 0.6) is 0 Å². The summed E-state index contributed by atoms with van der Waals surface area (Å²) in [4.78, 5) is 37.9. The van der Waals surface area contributed by atoms with E-state index in [9.17, 15) is 14.4 Å². The van der Waals surface area contributed by atoms with Crippen molar-refractivity contribution in [3.63, 3.8) is 0 Å². The van der Waals surface area contributed by atoms with E-state index in [1.807, 2.05) is 13.8 Å². The van der Waals surface area contributed by atoms with Crippen LogP contribution < -0.4 is 5.32 Å². The second-order valence-corrected chi connectivity index (χ2v) is 6.49. The van der Waals surface area contributed by atoms with Crippen LogP contribution in [0.1, 0.15) is 40.8 Å². The quantitative estimate of drug-likeness (QED) is 0.859. The minimum atomic E-state index is -0.686. The van der Waals surface area contributed by atoms with Gasteiger partial charge in [-0.3, -0.25) is 4.79 Å². The van der Waals surface area contributed by atoms with E-state index in [2.05, 4.69) is 14.8 Å². The van der Waals surface area contributed by atoms with Gasteiger partial charge in [0.2, 0.25) is 0 Å². The van der Waals surface area contributed by atoms with Crippen LogP contribution in [0.2, 0.25) is 0 Å². The summed E-state index contributed by atoms with van der Waals surface area (Å²) < 4.78 is 9.33. The fourth-order valence-corrected chi connectivity index (χ4v) is 3.16. The number of esters is 2. The Morgan fingerprint density at radius 3 is 2.08 bits per heavy atom. The monoisotopic (exact) mass is 347 g/mol. The Kier molecular flexibility index (Phi) is 5.35. The number of anilines is 1.